The van der Waals surface area contributed by atoms with Crippen molar-refractivity contribution in [2.24, 2.45) is 4.99 Å². The normalized spacial score (nSPS) is 17.2. The summed E-state index contributed by atoms with van der Waals surface area (Å²) in [5.74, 6) is 0.768. The maximum Gasteiger partial charge on any atom is 0.416 e. The molecule has 0 aromatic heterocycles. The van der Waals surface area contributed by atoms with Crippen molar-refractivity contribution < 1.29 is 17.9 Å². The third-order valence-electron chi connectivity index (χ3n) is 4.09. The third-order valence-corrected chi connectivity index (χ3v) is 4.09. The van der Waals surface area contributed by atoms with Crippen LogP contribution in [0.3, 0.4) is 0 Å². The van der Waals surface area contributed by atoms with Crippen LogP contribution in [-0.4, -0.2) is 43.7 Å². The topological polar surface area (TPSA) is 36.9 Å². The Hall–Kier alpha value is -1.76. The fourth-order valence-electron chi connectivity index (χ4n) is 2.79. The number of nitrogens with zero attached hydrogens (tertiary/aromatic N) is 2. The number of rotatable bonds is 4. The van der Waals surface area contributed by atoms with Gasteiger partial charge in [0.1, 0.15) is 0 Å². The van der Waals surface area contributed by atoms with Gasteiger partial charge in [-0.25, -0.2) is 0 Å². The molecular formula is C17H24F3N3O. The summed E-state index contributed by atoms with van der Waals surface area (Å²) < 4.78 is 43.3. The highest BCUT2D eigenvalue weighted by atomic mass is 19.4. The standard InChI is InChI=1S/C17H24F3N3O/c1-3-24-15-8-10-23(11-9-15)16(21-2)22-12-13-4-6-14(7-5-13)17(18,19)20/h4-7,15H,3,8-12H2,1-2H3,(H,21,22). The molecule has 7 heteroatoms. The maximum absolute atomic E-state index is 12.6. The number of benzene rings is 1. The van der Waals surface area contributed by atoms with E-state index in [-0.39, 0.29) is 0 Å². The molecule has 0 saturated carbocycles. The van der Waals surface area contributed by atoms with Crippen LogP contribution in [0.15, 0.2) is 29.3 Å². The predicted molar refractivity (Wildman–Crippen MR) is 87.9 cm³/mol. The molecule has 1 aliphatic heterocycles. The van der Waals surface area contributed by atoms with Gasteiger partial charge in [-0.2, -0.15) is 13.2 Å². The number of likely N-dealkylation sites (tertiary alicyclic amines) is 1. The van der Waals surface area contributed by atoms with Gasteiger partial charge in [0.15, 0.2) is 5.96 Å². The monoisotopic (exact) mass is 343 g/mol. The Morgan fingerprint density at radius 2 is 1.88 bits per heavy atom. The summed E-state index contributed by atoms with van der Waals surface area (Å²) in [4.78, 5) is 6.42. The molecule has 1 N–H and O–H groups in total. The summed E-state index contributed by atoms with van der Waals surface area (Å²) in [7, 11) is 1.71. The lowest BCUT2D eigenvalue weighted by molar-refractivity contribution is -0.137. The summed E-state index contributed by atoms with van der Waals surface area (Å²) in [6, 6.07) is 5.19. The average Bonchev–Trinajstić information content (AvgIpc) is 2.57. The lowest BCUT2D eigenvalue weighted by Crippen LogP contribution is -2.46. The molecule has 0 spiro atoms. The van der Waals surface area contributed by atoms with Crippen LogP contribution in [0.1, 0.15) is 30.9 Å². The first-order chi connectivity index (χ1) is 11.4. The van der Waals surface area contributed by atoms with Crippen molar-refractivity contribution in [2.75, 3.05) is 26.7 Å². The minimum atomic E-state index is -4.30. The molecule has 0 bridgehead atoms. The van der Waals surface area contributed by atoms with E-state index < -0.39 is 11.7 Å². The number of hydrogen-bond donors (Lipinski definition) is 1. The molecule has 0 radical (unpaired) electrons. The molecule has 4 nitrogen and oxygen atoms in total. The molecule has 1 fully saturated rings. The minimum absolute atomic E-state index is 0.305. The highest BCUT2D eigenvalue weighted by Crippen LogP contribution is 2.29. The van der Waals surface area contributed by atoms with Gasteiger partial charge in [0.05, 0.1) is 11.7 Å². The van der Waals surface area contributed by atoms with Crippen molar-refractivity contribution in [1.82, 2.24) is 10.2 Å². The number of piperidine rings is 1. The second-order valence-corrected chi connectivity index (χ2v) is 5.74. The van der Waals surface area contributed by atoms with Gasteiger partial charge in [-0.1, -0.05) is 12.1 Å². The number of guanidine groups is 1. The number of alkyl halides is 3. The smallest absolute Gasteiger partial charge is 0.378 e. The van der Waals surface area contributed by atoms with Crippen molar-refractivity contribution >= 4 is 5.96 Å². The average molecular weight is 343 g/mol. The number of nitrogens with one attached hydrogen (secondary N) is 1. The van der Waals surface area contributed by atoms with Crippen LogP contribution >= 0.6 is 0 Å². The van der Waals surface area contributed by atoms with E-state index in [0.29, 0.717) is 12.6 Å². The van der Waals surface area contributed by atoms with Crippen LogP contribution in [0, 0.1) is 0 Å². The first kappa shape index (κ1) is 18.6. The summed E-state index contributed by atoms with van der Waals surface area (Å²) in [5, 5.41) is 3.21. The molecule has 0 unspecified atom stereocenters. The third kappa shape index (κ3) is 5.12. The van der Waals surface area contributed by atoms with Crippen molar-refractivity contribution in [3.05, 3.63) is 35.4 Å². The quantitative estimate of drug-likeness (QED) is 0.673. The zero-order valence-corrected chi connectivity index (χ0v) is 14.1. The zero-order valence-electron chi connectivity index (χ0n) is 14.1. The second-order valence-electron chi connectivity index (χ2n) is 5.74. The molecule has 0 amide bonds. The molecule has 1 heterocycles. The van der Waals surface area contributed by atoms with E-state index in [1.165, 1.54) is 12.1 Å². The largest absolute Gasteiger partial charge is 0.416 e. The fourth-order valence-corrected chi connectivity index (χ4v) is 2.79. The Bertz CT molecular complexity index is 535. The first-order valence-electron chi connectivity index (χ1n) is 8.17. The molecule has 2 rings (SSSR count). The maximum atomic E-state index is 12.6. The summed E-state index contributed by atoms with van der Waals surface area (Å²) in [5.41, 5.74) is 0.155. The molecule has 24 heavy (non-hydrogen) atoms. The fraction of sp³-hybridized carbons (Fsp3) is 0.588. The lowest BCUT2D eigenvalue weighted by atomic mass is 10.1. The summed E-state index contributed by atoms with van der Waals surface area (Å²) >= 11 is 0. The zero-order chi connectivity index (χ0) is 17.6. The van der Waals surface area contributed by atoms with Crippen molar-refractivity contribution in [2.45, 2.75) is 38.6 Å². The van der Waals surface area contributed by atoms with E-state index in [1.807, 2.05) is 6.92 Å². The molecule has 1 aliphatic rings. The summed E-state index contributed by atoms with van der Waals surface area (Å²) in [6.07, 6.45) is -2.09. The van der Waals surface area contributed by atoms with Gasteiger partial charge >= 0.3 is 6.18 Å². The van der Waals surface area contributed by atoms with Gasteiger partial charge in [0, 0.05) is 33.3 Å². The molecule has 0 aliphatic carbocycles. The van der Waals surface area contributed by atoms with E-state index in [2.05, 4.69) is 15.2 Å². The van der Waals surface area contributed by atoms with Crippen LogP contribution in [0.5, 0.6) is 0 Å². The Morgan fingerprint density at radius 1 is 1.25 bits per heavy atom. The van der Waals surface area contributed by atoms with Crippen LogP contribution in [-0.2, 0) is 17.5 Å². The molecule has 1 saturated heterocycles. The van der Waals surface area contributed by atoms with E-state index >= 15 is 0 Å². The Morgan fingerprint density at radius 3 is 2.38 bits per heavy atom. The van der Waals surface area contributed by atoms with Crippen molar-refractivity contribution in [3.63, 3.8) is 0 Å². The van der Waals surface area contributed by atoms with Gasteiger partial charge in [0.2, 0.25) is 0 Å². The molecule has 1 aromatic rings. The first-order valence-corrected chi connectivity index (χ1v) is 8.17. The molecule has 134 valence electrons. The van der Waals surface area contributed by atoms with Crippen LogP contribution < -0.4 is 5.32 Å². The van der Waals surface area contributed by atoms with E-state index in [1.54, 1.807) is 7.05 Å². The van der Waals surface area contributed by atoms with Crippen molar-refractivity contribution in [3.8, 4) is 0 Å². The minimum Gasteiger partial charge on any atom is -0.378 e. The molecule has 1 aromatic carbocycles. The molecule has 0 atom stereocenters. The van der Waals surface area contributed by atoms with E-state index in [4.69, 9.17) is 4.74 Å². The highest BCUT2D eigenvalue weighted by Gasteiger charge is 2.30. The summed E-state index contributed by atoms with van der Waals surface area (Å²) in [6.45, 7) is 4.88. The van der Waals surface area contributed by atoms with Gasteiger partial charge in [-0.05, 0) is 37.5 Å². The number of aliphatic imine (C=N–C) groups is 1. The van der Waals surface area contributed by atoms with Gasteiger partial charge in [-0.3, -0.25) is 4.99 Å². The van der Waals surface area contributed by atoms with E-state index in [9.17, 15) is 13.2 Å². The number of ether oxygens (including phenoxy) is 1. The lowest BCUT2D eigenvalue weighted by Gasteiger charge is -2.34. The predicted octanol–water partition coefficient (Wildman–Crippen LogP) is 3.28. The van der Waals surface area contributed by atoms with E-state index in [0.717, 1.165) is 56.2 Å². The van der Waals surface area contributed by atoms with Crippen molar-refractivity contribution in [1.29, 1.82) is 0 Å². The van der Waals surface area contributed by atoms with Gasteiger partial charge in [0.25, 0.3) is 0 Å². The van der Waals surface area contributed by atoms with Gasteiger partial charge in [-0.15, -0.1) is 0 Å². The van der Waals surface area contributed by atoms with Crippen LogP contribution in [0.2, 0.25) is 0 Å². The number of hydrogen-bond acceptors (Lipinski definition) is 2. The van der Waals surface area contributed by atoms with Crippen LogP contribution in [0.25, 0.3) is 0 Å². The molecular weight excluding hydrogens is 319 g/mol. The highest BCUT2D eigenvalue weighted by molar-refractivity contribution is 5.79. The Labute approximate surface area is 140 Å². The SMILES string of the molecule is CCOC1CCN(C(=NC)NCc2ccc(C(F)(F)F)cc2)CC1. The van der Waals surface area contributed by atoms with Crippen LogP contribution in [0.4, 0.5) is 13.2 Å². The Balaban J connectivity index is 1.86. The Kier molecular flexibility index (Phi) is 6.48. The number of halogens is 3. The second kappa shape index (κ2) is 8.37. The van der Waals surface area contributed by atoms with Gasteiger partial charge < -0.3 is 15.0 Å².